The summed E-state index contributed by atoms with van der Waals surface area (Å²) in [6.07, 6.45) is 0.892. The summed E-state index contributed by atoms with van der Waals surface area (Å²) in [4.78, 5) is 17.0. The Hall–Kier alpha value is -3.31. The van der Waals surface area contributed by atoms with Crippen LogP contribution in [0.25, 0.3) is 11.0 Å². The first-order chi connectivity index (χ1) is 14.2. The number of fused-ring (bicyclic) bond motifs is 1. The third-order valence-corrected chi connectivity index (χ3v) is 4.93. The van der Waals surface area contributed by atoms with Crippen LogP contribution in [0.15, 0.2) is 78.9 Å². The molecule has 6 heteroatoms. The minimum atomic E-state index is -0.297. The van der Waals surface area contributed by atoms with Gasteiger partial charge in [-0.05, 0) is 42.3 Å². The number of aromatic nitrogens is 2. The van der Waals surface area contributed by atoms with E-state index in [1.54, 1.807) is 24.3 Å². The van der Waals surface area contributed by atoms with Gasteiger partial charge >= 0.3 is 6.03 Å². The van der Waals surface area contributed by atoms with Crippen LogP contribution in [0, 0.1) is 0 Å². The van der Waals surface area contributed by atoms with Crippen LogP contribution in [0.3, 0.4) is 0 Å². The van der Waals surface area contributed by atoms with Gasteiger partial charge in [0, 0.05) is 17.3 Å². The molecule has 0 saturated heterocycles. The minimum Gasteiger partial charge on any atom is -0.331 e. The fourth-order valence-corrected chi connectivity index (χ4v) is 3.49. The summed E-state index contributed by atoms with van der Waals surface area (Å²) in [5, 5.41) is 6.26. The maximum atomic E-state index is 12.3. The molecule has 0 atom stereocenters. The van der Waals surface area contributed by atoms with E-state index in [9.17, 15) is 4.79 Å². The van der Waals surface area contributed by atoms with Gasteiger partial charge in [-0.1, -0.05) is 60.1 Å². The Labute approximate surface area is 174 Å². The quantitative estimate of drug-likeness (QED) is 0.461. The van der Waals surface area contributed by atoms with Gasteiger partial charge in [0.25, 0.3) is 0 Å². The molecule has 146 valence electrons. The van der Waals surface area contributed by atoms with Crippen LogP contribution in [-0.2, 0) is 19.5 Å². The Morgan fingerprint density at radius 1 is 0.966 bits per heavy atom. The number of hydrogen-bond donors (Lipinski definition) is 2. The average Bonchev–Trinajstić information content (AvgIpc) is 3.09. The molecular formula is C23H21ClN4O. The van der Waals surface area contributed by atoms with Gasteiger partial charge in [0.15, 0.2) is 0 Å². The lowest BCUT2D eigenvalue weighted by molar-refractivity contribution is 0.251. The van der Waals surface area contributed by atoms with Crippen molar-refractivity contribution in [3.63, 3.8) is 0 Å². The number of urea groups is 1. The second-order valence-electron chi connectivity index (χ2n) is 6.72. The van der Waals surface area contributed by atoms with E-state index in [0.29, 0.717) is 17.3 Å². The van der Waals surface area contributed by atoms with E-state index in [2.05, 4.69) is 33.4 Å². The highest BCUT2D eigenvalue weighted by molar-refractivity contribution is 6.30. The Balaban J connectivity index is 1.48. The zero-order valence-electron chi connectivity index (χ0n) is 15.8. The number of para-hydroxylation sites is 2. The summed E-state index contributed by atoms with van der Waals surface area (Å²) >= 11 is 5.97. The Morgan fingerprint density at radius 3 is 2.59 bits per heavy atom. The Kier molecular flexibility index (Phi) is 5.77. The van der Waals surface area contributed by atoms with Crippen molar-refractivity contribution in [3.05, 3.63) is 95.3 Å². The molecule has 2 amide bonds. The van der Waals surface area contributed by atoms with Gasteiger partial charge in [-0.3, -0.25) is 0 Å². The van der Waals surface area contributed by atoms with E-state index in [1.165, 1.54) is 5.56 Å². The number of hydrogen-bond acceptors (Lipinski definition) is 2. The molecule has 4 rings (SSSR count). The van der Waals surface area contributed by atoms with Gasteiger partial charge in [-0.15, -0.1) is 0 Å². The monoisotopic (exact) mass is 404 g/mol. The fraction of sp³-hybridized carbons (Fsp3) is 0.130. The molecule has 2 N–H and O–H groups in total. The van der Waals surface area contributed by atoms with E-state index in [-0.39, 0.29) is 6.03 Å². The number of anilines is 1. The molecule has 1 heterocycles. The SMILES string of the molecule is O=C(NCc1nc2ccccc2n1CCc1ccccc1)Nc1cccc(Cl)c1. The largest absolute Gasteiger partial charge is 0.331 e. The molecule has 0 aliphatic carbocycles. The summed E-state index contributed by atoms with van der Waals surface area (Å²) in [6, 6.07) is 25.1. The van der Waals surface area contributed by atoms with Gasteiger partial charge in [0.1, 0.15) is 5.82 Å². The maximum Gasteiger partial charge on any atom is 0.319 e. The van der Waals surface area contributed by atoms with Crippen LogP contribution in [0.5, 0.6) is 0 Å². The molecule has 0 saturated carbocycles. The molecule has 29 heavy (non-hydrogen) atoms. The summed E-state index contributed by atoms with van der Waals surface area (Å²) < 4.78 is 2.17. The highest BCUT2D eigenvalue weighted by Crippen LogP contribution is 2.18. The highest BCUT2D eigenvalue weighted by atomic mass is 35.5. The van der Waals surface area contributed by atoms with Crippen molar-refractivity contribution < 1.29 is 4.79 Å². The van der Waals surface area contributed by atoms with Gasteiger partial charge in [0.05, 0.1) is 17.6 Å². The van der Waals surface area contributed by atoms with E-state index in [0.717, 1.165) is 29.8 Å². The number of carbonyl (C=O) groups is 1. The van der Waals surface area contributed by atoms with Crippen molar-refractivity contribution in [2.45, 2.75) is 19.5 Å². The number of nitrogens with zero attached hydrogens (tertiary/aromatic N) is 2. The van der Waals surface area contributed by atoms with Crippen molar-refractivity contribution in [1.82, 2.24) is 14.9 Å². The summed E-state index contributed by atoms with van der Waals surface area (Å²) in [5.74, 6) is 0.823. The number of imidazole rings is 1. The number of aryl methyl sites for hydroxylation is 2. The van der Waals surface area contributed by atoms with E-state index < -0.39 is 0 Å². The zero-order chi connectivity index (χ0) is 20.1. The van der Waals surface area contributed by atoms with Crippen molar-refractivity contribution in [2.75, 3.05) is 5.32 Å². The third-order valence-electron chi connectivity index (χ3n) is 4.69. The molecule has 4 aromatic rings. The first-order valence-corrected chi connectivity index (χ1v) is 9.85. The topological polar surface area (TPSA) is 59.0 Å². The number of benzene rings is 3. The second-order valence-corrected chi connectivity index (χ2v) is 7.16. The molecule has 0 unspecified atom stereocenters. The van der Waals surface area contributed by atoms with Crippen LogP contribution < -0.4 is 10.6 Å². The molecule has 0 fully saturated rings. The lowest BCUT2D eigenvalue weighted by Crippen LogP contribution is -2.29. The first-order valence-electron chi connectivity index (χ1n) is 9.47. The Morgan fingerprint density at radius 2 is 1.76 bits per heavy atom. The van der Waals surface area contributed by atoms with Crippen LogP contribution >= 0.6 is 11.6 Å². The predicted octanol–water partition coefficient (Wildman–Crippen LogP) is 5.25. The van der Waals surface area contributed by atoms with Gasteiger partial charge in [-0.25, -0.2) is 9.78 Å². The molecule has 1 aromatic heterocycles. The summed E-state index contributed by atoms with van der Waals surface area (Å²) in [5.41, 5.74) is 3.90. The number of nitrogens with one attached hydrogen (secondary N) is 2. The van der Waals surface area contributed by atoms with Crippen molar-refractivity contribution in [1.29, 1.82) is 0 Å². The van der Waals surface area contributed by atoms with Gasteiger partial charge in [0.2, 0.25) is 0 Å². The minimum absolute atomic E-state index is 0.297. The first kappa shape index (κ1) is 19.0. The molecule has 3 aromatic carbocycles. The molecule has 0 aliphatic rings. The Bertz CT molecular complexity index is 1120. The predicted molar refractivity (Wildman–Crippen MR) is 117 cm³/mol. The van der Waals surface area contributed by atoms with Crippen LogP contribution in [0.4, 0.5) is 10.5 Å². The van der Waals surface area contributed by atoms with Crippen molar-refractivity contribution >= 4 is 34.4 Å². The highest BCUT2D eigenvalue weighted by Gasteiger charge is 2.12. The van der Waals surface area contributed by atoms with Crippen LogP contribution in [0.2, 0.25) is 5.02 Å². The van der Waals surface area contributed by atoms with Gasteiger partial charge < -0.3 is 15.2 Å². The van der Waals surface area contributed by atoms with Crippen LogP contribution in [0.1, 0.15) is 11.4 Å². The fourth-order valence-electron chi connectivity index (χ4n) is 3.30. The summed E-state index contributed by atoms with van der Waals surface area (Å²) in [7, 11) is 0. The molecule has 0 bridgehead atoms. The number of rotatable bonds is 6. The van der Waals surface area contributed by atoms with Crippen molar-refractivity contribution in [2.24, 2.45) is 0 Å². The summed E-state index contributed by atoms with van der Waals surface area (Å²) in [6.45, 7) is 1.12. The maximum absolute atomic E-state index is 12.3. The number of amides is 2. The molecule has 0 radical (unpaired) electrons. The standard InChI is InChI=1S/C23H21ClN4O/c24-18-9-6-10-19(15-18)26-23(29)25-16-22-27-20-11-4-5-12-21(20)28(22)14-13-17-7-2-1-3-8-17/h1-12,15H,13-14,16H2,(H2,25,26,29). The van der Waals surface area contributed by atoms with Crippen molar-refractivity contribution in [3.8, 4) is 0 Å². The van der Waals surface area contributed by atoms with E-state index >= 15 is 0 Å². The smallest absolute Gasteiger partial charge is 0.319 e. The normalized spacial score (nSPS) is 10.8. The number of halogens is 1. The zero-order valence-corrected chi connectivity index (χ0v) is 16.6. The second kappa shape index (κ2) is 8.80. The molecular weight excluding hydrogens is 384 g/mol. The molecule has 5 nitrogen and oxygen atoms in total. The average molecular weight is 405 g/mol. The van der Waals surface area contributed by atoms with E-state index in [1.807, 2.05) is 36.4 Å². The van der Waals surface area contributed by atoms with Gasteiger partial charge in [-0.2, -0.15) is 0 Å². The third kappa shape index (κ3) is 4.76. The lowest BCUT2D eigenvalue weighted by Gasteiger charge is -2.11. The molecule has 0 spiro atoms. The molecule has 0 aliphatic heterocycles. The lowest BCUT2D eigenvalue weighted by atomic mass is 10.1. The van der Waals surface area contributed by atoms with E-state index in [4.69, 9.17) is 16.6 Å². The van der Waals surface area contributed by atoms with Crippen LogP contribution in [-0.4, -0.2) is 15.6 Å². The number of carbonyl (C=O) groups excluding carboxylic acids is 1.